The zero-order valence-electron chi connectivity index (χ0n) is 15.9. The van der Waals surface area contributed by atoms with Crippen molar-refractivity contribution in [3.05, 3.63) is 48.6 Å². The summed E-state index contributed by atoms with van der Waals surface area (Å²) >= 11 is 0. The highest BCUT2D eigenvalue weighted by Crippen LogP contribution is 2.34. The van der Waals surface area contributed by atoms with Gasteiger partial charge in [-0.1, -0.05) is 16.2 Å². The van der Waals surface area contributed by atoms with E-state index < -0.39 is 27.3 Å². The van der Waals surface area contributed by atoms with E-state index in [1.165, 1.54) is 0 Å². The van der Waals surface area contributed by atoms with Crippen LogP contribution in [0.1, 0.15) is 50.0 Å². The first kappa shape index (κ1) is 20.5. The van der Waals surface area contributed by atoms with Gasteiger partial charge in [-0.3, -0.25) is 19.1 Å². The minimum absolute atomic E-state index is 0.0485. The van der Waals surface area contributed by atoms with E-state index in [4.69, 9.17) is 0 Å². The van der Waals surface area contributed by atoms with E-state index in [-0.39, 0.29) is 22.7 Å². The lowest BCUT2D eigenvalue weighted by Crippen LogP contribution is -2.41. The number of nitrogens with one attached hydrogen (secondary N) is 1. The van der Waals surface area contributed by atoms with Gasteiger partial charge in [0.15, 0.2) is 4.60 Å². The molecule has 0 saturated heterocycles. The summed E-state index contributed by atoms with van der Waals surface area (Å²) in [6, 6.07) is -1.12. The number of hydrogen-bond acceptors (Lipinski definition) is 7. The van der Waals surface area contributed by atoms with Crippen molar-refractivity contribution < 1.29 is 28.0 Å². The fourth-order valence-electron chi connectivity index (χ4n) is 3.81. The van der Waals surface area contributed by atoms with Crippen molar-refractivity contribution in [3.8, 4) is 0 Å². The summed E-state index contributed by atoms with van der Waals surface area (Å²) in [6.45, 7) is 3.16. The van der Waals surface area contributed by atoms with Crippen LogP contribution in [0.15, 0.2) is 16.4 Å². The van der Waals surface area contributed by atoms with Gasteiger partial charge in [-0.25, -0.2) is 4.90 Å². The van der Waals surface area contributed by atoms with Gasteiger partial charge in [-0.05, 0) is 24.2 Å². The molecule has 1 N–H and O–H groups in total. The van der Waals surface area contributed by atoms with Crippen LogP contribution in [0.2, 0.25) is 0 Å². The molecule has 0 bridgehead atoms. The molecule has 0 spiro atoms. The number of H-pyrrole nitrogens is 1. The Morgan fingerprint density at radius 1 is 1.31 bits per heavy atom. The van der Waals surface area contributed by atoms with Crippen LogP contribution in [0.4, 0.5) is 4.39 Å². The highest BCUT2D eigenvalue weighted by atomic mass is 19.1. The third-order valence-electron chi connectivity index (χ3n) is 5.28. The molecule has 0 amide bonds. The first-order chi connectivity index (χ1) is 13.9. The Bertz CT molecular complexity index is 944. The van der Waals surface area contributed by atoms with Gasteiger partial charge in [0.05, 0.1) is 24.2 Å². The Kier molecular flexibility index (Phi) is 5.94. The molecule has 2 heterocycles. The van der Waals surface area contributed by atoms with Crippen LogP contribution in [0.5, 0.6) is 0 Å². The van der Waals surface area contributed by atoms with Gasteiger partial charge in [0, 0.05) is 6.92 Å². The first-order valence-electron chi connectivity index (χ1n) is 9.30. The number of amidine groups is 1. The molecule has 1 atom stereocenters. The summed E-state index contributed by atoms with van der Waals surface area (Å²) in [7, 11) is 0. The topological polar surface area (TPSA) is 150 Å². The van der Waals surface area contributed by atoms with Crippen molar-refractivity contribution in [3.63, 3.8) is 0 Å². The van der Waals surface area contributed by atoms with E-state index in [0.717, 1.165) is 31.2 Å². The minimum atomic E-state index is -1.12. The van der Waals surface area contributed by atoms with Crippen LogP contribution in [0.3, 0.4) is 0 Å². The number of halogens is 1. The van der Waals surface area contributed by atoms with E-state index in [0.29, 0.717) is 26.1 Å². The maximum atomic E-state index is 12.2. The third kappa shape index (κ3) is 3.84. The third-order valence-corrected chi connectivity index (χ3v) is 5.28. The molecular weight excluding hydrogens is 391 g/mol. The molecule has 1 aliphatic heterocycles. The van der Waals surface area contributed by atoms with Crippen LogP contribution >= 0.6 is 0 Å². The SMILES string of the molecule is CC1=[N+](CCCCCCF)CCN1C1C([N+](=O)[O-])=CC(=[N+]([O-])[O-])c2[nH]o[n+](=O)c21. The quantitative estimate of drug-likeness (QED) is 0.218. The molecule has 1 aliphatic carbocycles. The first-order valence-corrected chi connectivity index (χ1v) is 9.30. The number of fused-ring (bicyclic) bond motifs is 1. The minimum Gasteiger partial charge on any atom is -0.612 e. The number of nitrogens with zero attached hydrogens (tertiary/aromatic N) is 5. The van der Waals surface area contributed by atoms with Gasteiger partial charge in [0.1, 0.15) is 13.1 Å². The van der Waals surface area contributed by atoms with E-state index >= 15 is 0 Å². The van der Waals surface area contributed by atoms with Crippen molar-refractivity contribution in [2.75, 3.05) is 26.3 Å². The van der Waals surface area contributed by atoms with Crippen LogP contribution in [0, 0.1) is 25.4 Å². The van der Waals surface area contributed by atoms with E-state index in [1.807, 2.05) is 4.58 Å². The summed E-state index contributed by atoms with van der Waals surface area (Å²) in [5.74, 6) is 0.727. The number of unbranched alkanes of at least 4 members (excludes halogenated alkanes) is 3. The second-order valence-corrected chi connectivity index (χ2v) is 6.91. The van der Waals surface area contributed by atoms with Gasteiger partial charge in [0.25, 0.3) is 17.4 Å². The van der Waals surface area contributed by atoms with Crippen molar-refractivity contribution in [1.29, 1.82) is 0 Å². The van der Waals surface area contributed by atoms with Gasteiger partial charge in [-0.15, -0.1) is 0 Å². The molecular formula is C16H22FN6O6+. The zero-order chi connectivity index (χ0) is 21.1. The second-order valence-electron chi connectivity index (χ2n) is 6.91. The highest BCUT2D eigenvalue weighted by molar-refractivity contribution is 6.06. The molecule has 0 fully saturated rings. The van der Waals surface area contributed by atoms with Crippen molar-refractivity contribution in [2.24, 2.45) is 0 Å². The summed E-state index contributed by atoms with van der Waals surface area (Å²) in [5, 5.41) is 36.5. The summed E-state index contributed by atoms with van der Waals surface area (Å²) in [4.78, 5) is 24.0. The second kappa shape index (κ2) is 8.41. The molecule has 1 unspecified atom stereocenters. The molecule has 1 aromatic heterocycles. The Labute approximate surface area is 164 Å². The Balaban J connectivity index is 1.93. The van der Waals surface area contributed by atoms with Crippen LogP contribution in [0.25, 0.3) is 0 Å². The van der Waals surface area contributed by atoms with Crippen LogP contribution < -0.4 is 4.60 Å². The largest absolute Gasteiger partial charge is 0.612 e. The molecule has 2 aliphatic rings. The number of rotatable bonds is 8. The average Bonchev–Trinajstić information content (AvgIpc) is 3.23. The molecule has 3 rings (SSSR count). The fourth-order valence-corrected chi connectivity index (χ4v) is 3.81. The molecule has 29 heavy (non-hydrogen) atoms. The lowest BCUT2D eigenvalue weighted by Gasteiger charge is -2.20. The highest BCUT2D eigenvalue weighted by Gasteiger charge is 2.54. The lowest BCUT2D eigenvalue weighted by atomic mass is 9.97. The molecule has 158 valence electrons. The molecule has 12 nitrogen and oxygen atoms in total. The molecule has 0 saturated carbocycles. The maximum Gasteiger partial charge on any atom is 0.311 e. The van der Waals surface area contributed by atoms with Crippen LogP contribution in [-0.4, -0.2) is 62.3 Å². The number of hydrogen-bond donors (Lipinski definition) is 1. The standard InChI is InChI=1S/C16H22FN6O6/c1-11-19(7-5-3-2-4-6-17)8-9-20(11)15-13(22(26)27)10-12(21(24)25)14-16(15)23(28)29-18-14/h10,15,18H,2-9H2,1H3/q+1. The fraction of sp³-hybridized carbons (Fsp3) is 0.625. The van der Waals surface area contributed by atoms with E-state index in [2.05, 4.69) is 9.79 Å². The predicted octanol–water partition coefficient (Wildman–Crippen LogP) is 0.811. The maximum absolute atomic E-state index is 12.2. The number of alkyl halides is 1. The zero-order valence-corrected chi connectivity index (χ0v) is 15.9. The van der Waals surface area contributed by atoms with Gasteiger partial charge >= 0.3 is 11.4 Å². The normalized spacial score (nSPS) is 18.8. The summed E-state index contributed by atoms with van der Waals surface area (Å²) in [6.07, 6.45) is 3.92. The lowest BCUT2D eigenvalue weighted by molar-refractivity contribution is -0.721. The van der Waals surface area contributed by atoms with Crippen LogP contribution in [-0.2, 0) is 0 Å². The number of allylic oxidation sites excluding steroid dienone is 1. The monoisotopic (exact) mass is 413 g/mol. The van der Waals surface area contributed by atoms with Crippen molar-refractivity contribution >= 4 is 11.5 Å². The summed E-state index contributed by atoms with van der Waals surface area (Å²) in [5.41, 5.74) is -1.45. The van der Waals surface area contributed by atoms with Crippen molar-refractivity contribution in [2.45, 2.75) is 38.6 Å². The Hall–Kier alpha value is -3.25. The number of aromatic amines is 1. The molecule has 0 radical (unpaired) electrons. The van der Waals surface area contributed by atoms with E-state index in [9.17, 15) is 29.8 Å². The van der Waals surface area contributed by atoms with Gasteiger partial charge in [-0.2, -0.15) is 4.90 Å². The Morgan fingerprint density at radius 2 is 2.03 bits per heavy atom. The van der Waals surface area contributed by atoms with E-state index in [1.54, 1.807) is 11.8 Å². The van der Waals surface area contributed by atoms with Crippen molar-refractivity contribution in [1.82, 2.24) is 10.1 Å². The molecule has 1 aromatic rings. The smallest absolute Gasteiger partial charge is 0.311 e. The number of nitro groups is 1. The summed E-state index contributed by atoms with van der Waals surface area (Å²) < 4.78 is 18.9. The van der Waals surface area contributed by atoms with Gasteiger partial charge in [0.2, 0.25) is 5.84 Å². The molecule has 13 heteroatoms. The van der Waals surface area contributed by atoms with Gasteiger partial charge < -0.3 is 10.4 Å². The Morgan fingerprint density at radius 3 is 2.69 bits per heavy atom. The molecule has 0 aromatic carbocycles. The average molecular weight is 413 g/mol. The number of aromatic nitrogens is 2. The predicted molar refractivity (Wildman–Crippen MR) is 97.2 cm³/mol.